The van der Waals surface area contributed by atoms with Gasteiger partial charge in [-0.1, -0.05) is 18.2 Å². The van der Waals surface area contributed by atoms with Crippen LogP contribution in [0.4, 0.5) is 8.78 Å². The first-order chi connectivity index (χ1) is 9.58. The van der Waals surface area contributed by atoms with Gasteiger partial charge in [-0.05, 0) is 43.3 Å². The summed E-state index contributed by atoms with van der Waals surface area (Å²) in [6.45, 7) is 1.62. The summed E-state index contributed by atoms with van der Waals surface area (Å²) in [6.07, 6.45) is 0. The van der Waals surface area contributed by atoms with E-state index in [4.69, 9.17) is 4.74 Å². The van der Waals surface area contributed by atoms with Gasteiger partial charge in [-0.2, -0.15) is 0 Å². The molecule has 0 spiro atoms. The molecule has 0 heterocycles. The van der Waals surface area contributed by atoms with Crippen LogP contribution in [-0.4, -0.2) is 14.2 Å². The maximum absolute atomic E-state index is 14.3. The summed E-state index contributed by atoms with van der Waals surface area (Å²) in [6, 6.07) is 9.33. The normalized spacial score (nSPS) is 12.2. The molecule has 106 valence electrons. The number of benzene rings is 2. The molecule has 2 aromatic carbocycles. The monoisotopic (exact) mass is 277 g/mol. The van der Waals surface area contributed by atoms with Crippen molar-refractivity contribution in [2.24, 2.45) is 0 Å². The predicted molar refractivity (Wildman–Crippen MR) is 75.0 cm³/mol. The third-order valence-corrected chi connectivity index (χ3v) is 3.32. The van der Waals surface area contributed by atoms with E-state index in [2.05, 4.69) is 5.32 Å². The summed E-state index contributed by atoms with van der Waals surface area (Å²) in [7, 11) is 3.23. The quantitative estimate of drug-likeness (QED) is 0.922. The van der Waals surface area contributed by atoms with Crippen molar-refractivity contribution < 1.29 is 13.5 Å². The minimum absolute atomic E-state index is 0.0285. The molecule has 0 fully saturated rings. The highest BCUT2D eigenvalue weighted by Gasteiger charge is 2.22. The smallest absolute Gasteiger partial charge is 0.134 e. The Hall–Kier alpha value is -1.94. The molecule has 1 unspecified atom stereocenters. The van der Waals surface area contributed by atoms with Crippen LogP contribution in [-0.2, 0) is 0 Å². The van der Waals surface area contributed by atoms with Gasteiger partial charge in [0.1, 0.15) is 17.4 Å². The number of rotatable bonds is 4. The van der Waals surface area contributed by atoms with Gasteiger partial charge >= 0.3 is 0 Å². The number of aryl methyl sites for hydroxylation is 1. The molecule has 0 aliphatic heterocycles. The second kappa shape index (κ2) is 6.01. The van der Waals surface area contributed by atoms with Crippen molar-refractivity contribution in [2.45, 2.75) is 13.0 Å². The molecule has 1 N–H and O–H groups in total. The topological polar surface area (TPSA) is 21.3 Å². The molecular weight excluding hydrogens is 260 g/mol. The Morgan fingerprint density at radius 3 is 2.55 bits per heavy atom. The predicted octanol–water partition coefficient (Wildman–Crippen LogP) is 3.59. The molecule has 1 atom stereocenters. The molecule has 0 radical (unpaired) electrons. The number of methoxy groups -OCH3 is 1. The largest absolute Gasteiger partial charge is 0.497 e. The summed E-state index contributed by atoms with van der Waals surface area (Å²) in [5.74, 6) is -0.432. The van der Waals surface area contributed by atoms with Crippen LogP contribution >= 0.6 is 0 Å². The van der Waals surface area contributed by atoms with Gasteiger partial charge in [0.15, 0.2) is 0 Å². The highest BCUT2D eigenvalue weighted by Crippen LogP contribution is 2.29. The average Bonchev–Trinajstić information content (AvgIpc) is 2.47. The third kappa shape index (κ3) is 2.65. The maximum atomic E-state index is 14.3. The molecule has 0 aromatic heterocycles. The Bertz CT molecular complexity index is 613. The van der Waals surface area contributed by atoms with Crippen molar-refractivity contribution >= 4 is 0 Å². The van der Waals surface area contributed by atoms with Crippen LogP contribution in [0, 0.1) is 18.6 Å². The summed E-state index contributed by atoms with van der Waals surface area (Å²) < 4.78 is 33.4. The number of hydrogen-bond donors (Lipinski definition) is 1. The lowest BCUT2D eigenvalue weighted by atomic mass is 9.96. The average molecular weight is 277 g/mol. The second-order valence-corrected chi connectivity index (χ2v) is 4.59. The van der Waals surface area contributed by atoms with Gasteiger partial charge in [0.05, 0.1) is 13.2 Å². The van der Waals surface area contributed by atoms with E-state index in [0.29, 0.717) is 11.3 Å². The highest BCUT2D eigenvalue weighted by atomic mass is 19.1. The SMILES string of the molecule is CNC(c1cccc(OC)c1)c1c(F)ccc(C)c1F. The summed E-state index contributed by atoms with van der Waals surface area (Å²) >= 11 is 0. The lowest BCUT2D eigenvalue weighted by Crippen LogP contribution is -2.21. The molecule has 2 rings (SSSR count). The zero-order valence-electron chi connectivity index (χ0n) is 11.7. The highest BCUT2D eigenvalue weighted by molar-refractivity contribution is 5.39. The van der Waals surface area contributed by atoms with Crippen molar-refractivity contribution in [2.75, 3.05) is 14.2 Å². The minimum atomic E-state index is -0.565. The van der Waals surface area contributed by atoms with Crippen LogP contribution < -0.4 is 10.1 Å². The zero-order chi connectivity index (χ0) is 14.7. The molecule has 2 nitrogen and oxygen atoms in total. The van der Waals surface area contributed by atoms with Crippen LogP contribution in [0.3, 0.4) is 0 Å². The second-order valence-electron chi connectivity index (χ2n) is 4.59. The first-order valence-electron chi connectivity index (χ1n) is 6.34. The zero-order valence-corrected chi connectivity index (χ0v) is 11.7. The van der Waals surface area contributed by atoms with Gasteiger partial charge in [0, 0.05) is 5.56 Å². The maximum Gasteiger partial charge on any atom is 0.134 e. The fourth-order valence-electron chi connectivity index (χ4n) is 2.24. The van der Waals surface area contributed by atoms with Crippen molar-refractivity contribution in [3.63, 3.8) is 0 Å². The molecule has 0 aliphatic carbocycles. The van der Waals surface area contributed by atoms with E-state index in [9.17, 15) is 8.78 Å². The molecule has 0 amide bonds. The Balaban J connectivity index is 2.55. The molecule has 0 saturated carbocycles. The molecule has 20 heavy (non-hydrogen) atoms. The van der Waals surface area contributed by atoms with Crippen molar-refractivity contribution in [3.8, 4) is 5.75 Å². The third-order valence-electron chi connectivity index (χ3n) is 3.32. The lowest BCUT2D eigenvalue weighted by Gasteiger charge is -2.20. The van der Waals surface area contributed by atoms with Gasteiger partial charge in [-0.25, -0.2) is 8.78 Å². The van der Waals surface area contributed by atoms with Crippen LogP contribution in [0.25, 0.3) is 0 Å². The first kappa shape index (κ1) is 14.5. The summed E-state index contributed by atoms with van der Waals surface area (Å²) in [5, 5.41) is 2.96. The lowest BCUT2D eigenvalue weighted by molar-refractivity contribution is 0.413. The minimum Gasteiger partial charge on any atom is -0.497 e. The van der Waals surface area contributed by atoms with Crippen LogP contribution in [0.15, 0.2) is 36.4 Å². The molecular formula is C16H17F2NO. The van der Waals surface area contributed by atoms with E-state index in [-0.39, 0.29) is 5.56 Å². The van der Waals surface area contributed by atoms with E-state index >= 15 is 0 Å². The van der Waals surface area contributed by atoms with Crippen LogP contribution in [0.5, 0.6) is 5.75 Å². The number of halogens is 2. The fraction of sp³-hybridized carbons (Fsp3) is 0.250. The van der Waals surface area contributed by atoms with E-state index in [1.54, 1.807) is 39.3 Å². The van der Waals surface area contributed by atoms with E-state index in [1.165, 1.54) is 12.1 Å². The van der Waals surface area contributed by atoms with Gasteiger partial charge in [0.2, 0.25) is 0 Å². The van der Waals surface area contributed by atoms with E-state index in [0.717, 1.165) is 5.56 Å². The molecule has 4 heteroatoms. The molecule has 0 bridgehead atoms. The fourth-order valence-corrected chi connectivity index (χ4v) is 2.24. The van der Waals surface area contributed by atoms with Crippen LogP contribution in [0.2, 0.25) is 0 Å². The summed E-state index contributed by atoms with van der Waals surface area (Å²) in [4.78, 5) is 0. The Kier molecular flexibility index (Phi) is 4.35. The molecule has 0 saturated heterocycles. The number of nitrogens with one attached hydrogen (secondary N) is 1. The van der Waals surface area contributed by atoms with E-state index in [1.807, 2.05) is 6.07 Å². The van der Waals surface area contributed by atoms with Crippen molar-refractivity contribution in [1.29, 1.82) is 0 Å². The summed E-state index contributed by atoms with van der Waals surface area (Å²) in [5.41, 5.74) is 1.19. The van der Waals surface area contributed by atoms with E-state index < -0.39 is 17.7 Å². The van der Waals surface area contributed by atoms with Crippen LogP contribution in [0.1, 0.15) is 22.7 Å². The van der Waals surface area contributed by atoms with Crippen molar-refractivity contribution in [3.05, 3.63) is 64.7 Å². The first-order valence-corrected chi connectivity index (χ1v) is 6.34. The van der Waals surface area contributed by atoms with Crippen molar-refractivity contribution in [1.82, 2.24) is 5.32 Å². The number of hydrogen-bond acceptors (Lipinski definition) is 2. The molecule has 0 aliphatic rings. The Morgan fingerprint density at radius 2 is 1.90 bits per heavy atom. The standard InChI is InChI=1S/C16H17F2NO/c1-10-7-8-13(17)14(15(10)18)16(19-2)11-5-4-6-12(9-11)20-3/h4-9,16,19H,1-3H3. The van der Waals surface area contributed by atoms with Gasteiger partial charge in [0.25, 0.3) is 0 Å². The van der Waals surface area contributed by atoms with Gasteiger partial charge in [-0.3, -0.25) is 0 Å². The van der Waals surface area contributed by atoms with Gasteiger partial charge in [-0.15, -0.1) is 0 Å². The number of ether oxygens (including phenoxy) is 1. The van der Waals surface area contributed by atoms with Gasteiger partial charge < -0.3 is 10.1 Å². The Morgan fingerprint density at radius 1 is 1.15 bits per heavy atom. The Labute approximate surface area is 117 Å². The molecule has 2 aromatic rings.